The van der Waals surface area contributed by atoms with Gasteiger partial charge < -0.3 is 4.42 Å². The van der Waals surface area contributed by atoms with E-state index in [4.69, 9.17) is 4.42 Å². The summed E-state index contributed by atoms with van der Waals surface area (Å²) in [4.78, 5) is 11.4. The maximum atomic E-state index is 11.4. The van der Waals surface area contributed by atoms with Crippen molar-refractivity contribution in [1.29, 1.82) is 0 Å². The highest BCUT2D eigenvalue weighted by molar-refractivity contribution is 5.81. The molecule has 0 unspecified atom stereocenters. The summed E-state index contributed by atoms with van der Waals surface area (Å²) in [7, 11) is 0. The Labute approximate surface area is 82.2 Å². The van der Waals surface area contributed by atoms with E-state index in [1.807, 2.05) is 32.0 Å². The quantitative estimate of drug-likeness (QED) is 0.595. The monoisotopic (exact) mass is 188 g/mol. The van der Waals surface area contributed by atoms with Crippen LogP contribution in [0.3, 0.4) is 0 Å². The van der Waals surface area contributed by atoms with E-state index in [0.29, 0.717) is 11.1 Å². The van der Waals surface area contributed by atoms with Crippen molar-refractivity contribution in [2.45, 2.75) is 20.8 Å². The van der Waals surface area contributed by atoms with Crippen LogP contribution in [0.1, 0.15) is 16.7 Å². The van der Waals surface area contributed by atoms with E-state index in [1.54, 1.807) is 6.92 Å². The Morgan fingerprint density at radius 3 is 2.50 bits per heavy atom. The van der Waals surface area contributed by atoms with Crippen LogP contribution < -0.4 is 5.63 Å². The van der Waals surface area contributed by atoms with Crippen molar-refractivity contribution in [3.05, 3.63) is 45.3 Å². The molecule has 0 atom stereocenters. The summed E-state index contributed by atoms with van der Waals surface area (Å²) in [5, 5.41) is 1.02. The second-order valence-electron chi connectivity index (χ2n) is 3.64. The predicted octanol–water partition coefficient (Wildman–Crippen LogP) is 2.72. The first-order valence-electron chi connectivity index (χ1n) is 4.60. The van der Waals surface area contributed by atoms with Gasteiger partial charge >= 0.3 is 5.63 Å². The van der Waals surface area contributed by atoms with Crippen LogP contribution in [-0.4, -0.2) is 0 Å². The maximum Gasteiger partial charge on any atom is 0.339 e. The van der Waals surface area contributed by atoms with Gasteiger partial charge in [-0.25, -0.2) is 4.79 Å². The van der Waals surface area contributed by atoms with Gasteiger partial charge in [0.15, 0.2) is 0 Å². The van der Waals surface area contributed by atoms with Crippen LogP contribution >= 0.6 is 0 Å². The molecule has 0 aliphatic carbocycles. The minimum Gasteiger partial charge on any atom is -0.423 e. The molecule has 2 nitrogen and oxygen atoms in total. The van der Waals surface area contributed by atoms with Crippen molar-refractivity contribution < 1.29 is 4.42 Å². The molecule has 14 heavy (non-hydrogen) atoms. The van der Waals surface area contributed by atoms with Gasteiger partial charge in [0.05, 0.1) is 0 Å². The molecule has 1 aromatic heterocycles. The van der Waals surface area contributed by atoms with Gasteiger partial charge in [-0.1, -0.05) is 12.1 Å². The minimum absolute atomic E-state index is 0.236. The standard InChI is InChI=1S/C12H12O2/c1-7-4-5-10-8(2)9(3)12(13)14-11(10)6-7/h4-6H,1-3H3. The number of aryl methyl sites for hydroxylation is 2. The van der Waals surface area contributed by atoms with E-state index < -0.39 is 0 Å². The van der Waals surface area contributed by atoms with Crippen LogP contribution in [-0.2, 0) is 0 Å². The Morgan fingerprint density at radius 2 is 1.79 bits per heavy atom. The van der Waals surface area contributed by atoms with Crippen molar-refractivity contribution >= 4 is 11.0 Å². The fraction of sp³-hybridized carbons (Fsp3) is 0.250. The highest BCUT2D eigenvalue weighted by atomic mass is 16.4. The van der Waals surface area contributed by atoms with Crippen molar-refractivity contribution in [3.63, 3.8) is 0 Å². The summed E-state index contributed by atoms with van der Waals surface area (Å²) in [5.74, 6) is 0. The van der Waals surface area contributed by atoms with Crippen molar-refractivity contribution in [3.8, 4) is 0 Å². The fourth-order valence-electron chi connectivity index (χ4n) is 1.56. The van der Waals surface area contributed by atoms with Crippen LogP contribution in [0.4, 0.5) is 0 Å². The van der Waals surface area contributed by atoms with Crippen LogP contribution in [0.15, 0.2) is 27.4 Å². The average Bonchev–Trinajstić information content (AvgIpc) is 2.14. The Bertz CT molecular complexity index is 550. The van der Waals surface area contributed by atoms with E-state index in [9.17, 15) is 4.79 Å². The molecule has 1 aromatic carbocycles. The van der Waals surface area contributed by atoms with Gasteiger partial charge in [-0.05, 0) is 38.0 Å². The summed E-state index contributed by atoms with van der Waals surface area (Å²) >= 11 is 0. The lowest BCUT2D eigenvalue weighted by molar-refractivity contribution is 0.553. The van der Waals surface area contributed by atoms with Crippen LogP contribution in [0.2, 0.25) is 0 Å². The van der Waals surface area contributed by atoms with Crippen LogP contribution in [0, 0.1) is 20.8 Å². The highest BCUT2D eigenvalue weighted by Crippen LogP contribution is 2.19. The normalized spacial score (nSPS) is 10.8. The largest absolute Gasteiger partial charge is 0.423 e. The first-order chi connectivity index (χ1) is 6.59. The highest BCUT2D eigenvalue weighted by Gasteiger charge is 2.06. The lowest BCUT2D eigenvalue weighted by Gasteiger charge is -2.03. The molecule has 0 aliphatic heterocycles. The van der Waals surface area contributed by atoms with Crippen LogP contribution in [0.5, 0.6) is 0 Å². The molecule has 0 bridgehead atoms. The van der Waals surface area contributed by atoms with E-state index in [2.05, 4.69) is 0 Å². The zero-order chi connectivity index (χ0) is 10.3. The number of benzene rings is 1. The van der Waals surface area contributed by atoms with Crippen LogP contribution in [0.25, 0.3) is 11.0 Å². The molecule has 0 saturated carbocycles. The Morgan fingerprint density at radius 1 is 1.07 bits per heavy atom. The molecule has 0 N–H and O–H groups in total. The molecule has 72 valence electrons. The number of fused-ring (bicyclic) bond motifs is 1. The molecule has 0 amide bonds. The fourth-order valence-corrected chi connectivity index (χ4v) is 1.56. The lowest BCUT2D eigenvalue weighted by Crippen LogP contribution is -2.05. The summed E-state index contributed by atoms with van der Waals surface area (Å²) in [6.45, 7) is 5.72. The molecule has 0 fully saturated rings. The molecular weight excluding hydrogens is 176 g/mol. The van der Waals surface area contributed by atoms with Gasteiger partial charge in [-0.3, -0.25) is 0 Å². The van der Waals surface area contributed by atoms with Gasteiger partial charge in [-0.2, -0.15) is 0 Å². The Hall–Kier alpha value is -1.57. The van der Waals surface area contributed by atoms with Gasteiger partial charge in [0.1, 0.15) is 5.58 Å². The molecule has 2 aromatic rings. The Balaban J connectivity index is 2.98. The zero-order valence-electron chi connectivity index (χ0n) is 8.55. The number of rotatable bonds is 0. The molecule has 0 aliphatic rings. The van der Waals surface area contributed by atoms with Gasteiger partial charge in [-0.15, -0.1) is 0 Å². The van der Waals surface area contributed by atoms with E-state index >= 15 is 0 Å². The summed E-state index contributed by atoms with van der Waals surface area (Å²) in [6, 6.07) is 5.91. The third-order valence-electron chi connectivity index (χ3n) is 2.61. The lowest BCUT2D eigenvalue weighted by atomic mass is 10.1. The third-order valence-corrected chi connectivity index (χ3v) is 2.61. The van der Waals surface area contributed by atoms with Crippen molar-refractivity contribution in [2.75, 3.05) is 0 Å². The Kier molecular flexibility index (Phi) is 1.92. The minimum atomic E-state index is -0.236. The average molecular weight is 188 g/mol. The SMILES string of the molecule is Cc1ccc2c(C)c(C)c(=O)oc2c1. The van der Waals surface area contributed by atoms with E-state index in [0.717, 1.165) is 16.5 Å². The molecule has 0 saturated heterocycles. The number of hydrogen-bond donors (Lipinski definition) is 0. The van der Waals surface area contributed by atoms with Gasteiger partial charge in [0, 0.05) is 10.9 Å². The van der Waals surface area contributed by atoms with Crippen molar-refractivity contribution in [2.24, 2.45) is 0 Å². The third kappa shape index (κ3) is 1.23. The van der Waals surface area contributed by atoms with Gasteiger partial charge in [0.2, 0.25) is 0 Å². The zero-order valence-corrected chi connectivity index (χ0v) is 8.55. The predicted molar refractivity (Wildman–Crippen MR) is 56.7 cm³/mol. The van der Waals surface area contributed by atoms with Crippen molar-refractivity contribution in [1.82, 2.24) is 0 Å². The van der Waals surface area contributed by atoms with E-state index in [1.165, 1.54) is 0 Å². The topological polar surface area (TPSA) is 30.2 Å². The molecule has 0 radical (unpaired) electrons. The smallest absolute Gasteiger partial charge is 0.339 e. The summed E-state index contributed by atoms with van der Waals surface area (Å²) < 4.78 is 5.20. The molecule has 2 rings (SSSR count). The van der Waals surface area contributed by atoms with Gasteiger partial charge in [0.25, 0.3) is 0 Å². The molecular formula is C12H12O2. The first kappa shape index (κ1) is 9.00. The summed E-state index contributed by atoms with van der Waals surface area (Å²) in [6.07, 6.45) is 0. The summed E-state index contributed by atoms with van der Waals surface area (Å²) in [5.41, 5.74) is 3.25. The molecule has 1 heterocycles. The molecule has 2 heteroatoms. The first-order valence-corrected chi connectivity index (χ1v) is 4.60. The maximum absolute atomic E-state index is 11.4. The van der Waals surface area contributed by atoms with E-state index in [-0.39, 0.29) is 5.63 Å². The number of hydrogen-bond acceptors (Lipinski definition) is 2. The molecule has 0 spiro atoms. The second-order valence-corrected chi connectivity index (χ2v) is 3.64. The second kappa shape index (κ2) is 2.98.